The van der Waals surface area contributed by atoms with Crippen molar-refractivity contribution in [1.29, 1.82) is 0 Å². The summed E-state index contributed by atoms with van der Waals surface area (Å²) in [5.41, 5.74) is 0. The van der Waals surface area contributed by atoms with E-state index in [0.717, 1.165) is 50.5 Å². The fraction of sp³-hybridized carbons (Fsp3) is 1.00. The molecule has 0 saturated carbocycles. The Morgan fingerprint density at radius 3 is 2.78 bits per heavy atom. The number of nitrogens with one attached hydrogen (secondary N) is 1. The van der Waals surface area contributed by atoms with Crippen LogP contribution in [0.5, 0.6) is 0 Å². The van der Waals surface area contributed by atoms with Crippen molar-refractivity contribution in [2.45, 2.75) is 46.1 Å². The second kappa shape index (κ2) is 9.05. The first-order valence-corrected chi connectivity index (χ1v) is 8.78. The molecule has 3 atom stereocenters. The highest BCUT2D eigenvalue weighted by Gasteiger charge is 2.26. The summed E-state index contributed by atoms with van der Waals surface area (Å²) in [5.74, 6) is 2.83. The summed E-state index contributed by atoms with van der Waals surface area (Å²) in [4.78, 5) is 0. The van der Waals surface area contributed by atoms with Crippen molar-refractivity contribution in [1.82, 2.24) is 5.32 Å². The molecule has 0 aliphatic carbocycles. The first-order chi connectivity index (χ1) is 8.63. The number of rotatable bonds is 9. The van der Waals surface area contributed by atoms with E-state index in [2.05, 4.69) is 26.1 Å². The molecule has 1 aliphatic rings. The Balaban J connectivity index is 2.36. The molecular formula is C14H29NO2S. The zero-order valence-corrected chi connectivity index (χ0v) is 12.9. The van der Waals surface area contributed by atoms with Gasteiger partial charge in [-0.3, -0.25) is 4.21 Å². The molecule has 1 N–H and O–H groups in total. The Labute approximate surface area is 115 Å². The molecule has 0 radical (unpaired) electrons. The molecule has 0 bridgehead atoms. The number of hydrogen-bond donors (Lipinski definition) is 1. The molecule has 0 aromatic rings. The second-order valence-corrected chi connectivity index (χ2v) is 7.30. The monoisotopic (exact) mass is 275 g/mol. The minimum absolute atomic E-state index is 0.375. The quantitative estimate of drug-likeness (QED) is 0.701. The van der Waals surface area contributed by atoms with Crippen molar-refractivity contribution in [2.24, 2.45) is 11.8 Å². The van der Waals surface area contributed by atoms with E-state index in [1.54, 1.807) is 0 Å². The molecule has 0 spiro atoms. The van der Waals surface area contributed by atoms with Crippen LogP contribution in [0.3, 0.4) is 0 Å². The van der Waals surface area contributed by atoms with E-state index < -0.39 is 10.8 Å². The highest BCUT2D eigenvalue weighted by Crippen LogP contribution is 2.18. The van der Waals surface area contributed by atoms with Crippen molar-refractivity contribution in [2.75, 3.05) is 31.3 Å². The fourth-order valence-electron chi connectivity index (χ4n) is 2.21. The van der Waals surface area contributed by atoms with Crippen molar-refractivity contribution >= 4 is 10.8 Å². The van der Waals surface area contributed by atoms with Crippen LogP contribution in [0.1, 0.15) is 40.0 Å². The summed E-state index contributed by atoms with van der Waals surface area (Å²) in [6.07, 6.45) is 3.31. The summed E-state index contributed by atoms with van der Waals surface area (Å²) in [6, 6.07) is 0.375. The highest BCUT2D eigenvalue weighted by molar-refractivity contribution is 7.85. The molecule has 0 aromatic carbocycles. The minimum atomic E-state index is -0.688. The normalized spacial score (nSPS) is 23.4. The van der Waals surface area contributed by atoms with Crippen LogP contribution >= 0.6 is 0 Å². The zero-order valence-electron chi connectivity index (χ0n) is 12.1. The SMILES string of the molecule is CCCNC(CS(=O)CCC(C)C)C1CCOC1. The lowest BCUT2D eigenvalue weighted by Crippen LogP contribution is -2.41. The minimum Gasteiger partial charge on any atom is -0.381 e. The van der Waals surface area contributed by atoms with Gasteiger partial charge in [-0.2, -0.15) is 0 Å². The van der Waals surface area contributed by atoms with Crippen molar-refractivity contribution in [3.63, 3.8) is 0 Å². The van der Waals surface area contributed by atoms with Crippen LogP contribution in [-0.4, -0.2) is 41.5 Å². The molecule has 1 aliphatic heterocycles. The van der Waals surface area contributed by atoms with Gasteiger partial charge < -0.3 is 10.1 Å². The first kappa shape index (κ1) is 16.1. The van der Waals surface area contributed by atoms with E-state index in [-0.39, 0.29) is 0 Å². The maximum atomic E-state index is 12.1. The van der Waals surface area contributed by atoms with Gasteiger partial charge in [-0.25, -0.2) is 0 Å². The van der Waals surface area contributed by atoms with Crippen LogP contribution in [0.4, 0.5) is 0 Å². The third-order valence-electron chi connectivity index (χ3n) is 3.48. The highest BCUT2D eigenvalue weighted by atomic mass is 32.2. The summed E-state index contributed by atoms with van der Waals surface area (Å²) >= 11 is 0. The van der Waals surface area contributed by atoms with E-state index in [1.807, 2.05) is 0 Å². The topological polar surface area (TPSA) is 38.3 Å². The summed E-state index contributed by atoms with van der Waals surface area (Å²) in [7, 11) is -0.688. The van der Waals surface area contributed by atoms with Crippen LogP contribution in [0.2, 0.25) is 0 Å². The Morgan fingerprint density at radius 1 is 1.44 bits per heavy atom. The molecular weight excluding hydrogens is 246 g/mol. The molecule has 3 unspecified atom stereocenters. The van der Waals surface area contributed by atoms with Gasteiger partial charge >= 0.3 is 0 Å². The molecule has 108 valence electrons. The van der Waals surface area contributed by atoms with Gasteiger partial charge in [0.1, 0.15) is 0 Å². The third-order valence-corrected chi connectivity index (χ3v) is 4.90. The Morgan fingerprint density at radius 2 is 2.22 bits per heavy atom. The summed E-state index contributed by atoms with van der Waals surface area (Å²) in [5, 5.41) is 3.56. The van der Waals surface area contributed by atoms with Crippen LogP contribution < -0.4 is 5.32 Å². The smallest absolute Gasteiger partial charge is 0.0510 e. The van der Waals surface area contributed by atoms with Gasteiger partial charge in [0.15, 0.2) is 0 Å². The van der Waals surface area contributed by atoms with Crippen molar-refractivity contribution in [3.05, 3.63) is 0 Å². The van der Waals surface area contributed by atoms with E-state index in [0.29, 0.717) is 17.9 Å². The van der Waals surface area contributed by atoms with E-state index in [9.17, 15) is 4.21 Å². The molecule has 1 fully saturated rings. The third kappa shape index (κ3) is 6.30. The summed E-state index contributed by atoms with van der Waals surface area (Å²) in [6.45, 7) is 9.27. The zero-order chi connectivity index (χ0) is 13.4. The largest absolute Gasteiger partial charge is 0.381 e. The van der Waals surface area contributed by atoms with Crippen LogP contribution in [0.15, 0.2) is 0 Å². The van der Waals surface area contributed by atoms with Crippen molar-refractivity contribution < 1.29 is 8.95 Å². The standard InChI is InChI=1S/C14H29NO2S/c1-4-7-15-14(13-5-8-17-10-13)11-18(16)9-6-12(2)3/h12-15H,4-11H2,1-3H3. The van der Waals surface area contributed by atoms with Gasteiger partial charge in [0.25, 0.3) is 0 Å². The van der Waals surface area contributed by atoms with Crippen molar-refractivity contribution in [3.8, 4) is 0 Å². The second-order valence-electron chi connectivity index (χ2n) is 5.68. The van der Waals surface area contributed by atoms with Crippen LogP contribution in [-0.2, 0) is 15.5 Å². The maximum absolute atomic E-state index is 12.1. The van der Waals surface area contributed by atoms with E-state index >= 15 is 0 Å². The van der Waals surface area contributed by atoms with Gasteiger partial charge in [-0.1, -0.05) is 20.8 Å². The van der Waals surface area contributed by atoms with E-state index in [4.69, 9.17) is 4.74 Å². The fourth-order valence-corrected chi connectivity index (χ4v) is 3.90. The molecule has 1 saturated heterocycles. The average molecular weight is 275 g/mol. The van der Waals surface area contributed by atoms with Gasteiger partial charge in [-0.15, -0.1) is 0 Å². The van der Waals surface area contributed by atoms with Crippen LogP contribution in [0, 0.1) is 11.8 Å². The molecule has 18 heavy (non-hydrogen) atoms. The Bertz CT molecular complexity index is 240. The molecule has 1 rings (SSSR count). The predicted octanol–water partition coefficient (Wildman–Crippen LogP) is 2.19. The lowest BCUT2D eigenvalue weighted by Gasteiger charge is -2.23. The molecule has 1 heterocycles. The van der Waals surface area contributed by atoms with Gasteiger partial charge in [0, 0.05) is 40.9 Å². The number of hydrogen-bond acceptors (Lipinski definition) is 3. The first-order valence-electron chi connectivity index (χ1n) is 7.29. The molecule has 0 amide bonds. The Hall–Kier alpha value is 0.0700. The lowest BCUT2D eigenvalue weighted by atomic mass is 10.0. The summed E-state index contributed by atoms with van der Waals surface area (Å²) < 4.78 is 17.6. The molecule has 3 nitrogen and oxygen atoms in total. The maximum Gasteiger partial charge on any atom is 0.0510 e. The van der Waals surface area contributed by atoms with Gasteiger partial charge in [0.2, 0.25) is 0 Å². The molecule has 0 aromatic heterocycles. The lowest BCUT2D eigenvalue weighted by molar-refractivity contribution is 0.179. The average Bonchev–Trinajstić information content (AvgIpc) is 2.85. The van der Waals surface area contributed by atoms with Gasteiger partial charge in [-0.05, 0) is 31.7 Å². The number of ether oxygens (including phenoxy) is 1. The van der Waals surface area contributed by atoms with E-state index in [1.165, 1.54) is 0 Å². The predicted molar refractivity (Wildman–Crippen MR) is 78.3 cm³/mol. The van der Waals surface area contributed by atoms with Gasteiger partial charge in [0.05, 0.1) is 6.61 Å². The molecule has 4 heteroatoms. The van der Waals surface area contributed by atoms with Crippen LogP contribution in [0.25, 0.3) is 0 Å². The Kier molecular flexibility index (Phi) is 8.11.